The summed E-state index contributed by atoms with van der Waals surface area (Å²) in [6.45, 7) is 5.42. The summed E-state index contributed by atoms with van der Waals surface area (Å²) in [4.78, 5) is 11.0. The fraction of sp³-hybridized carbons (Fsp3) is 0.462. The van der Waals surface area contributed by atoms with Crippen LogP contribution < -0.4 is 9.47 Å². The lowest BCUT2D eigenvalue weighted by Crippen LogP contribution is -2.30. The maximum atomic E-state index is 11.0. The Balaban J connectivity index is 3.17. The molecule has 4 nitrogen and oxygen atoms in total. The molecule has 0 atom stereocenters. The molecule has 94 valence electrons. The number of carbonyl (C=O) groups is 1. The molecule has 1 aromatic carbocycles. The van der Waals surface area contributed by atoms with Crippen molar-refractivity contribution >= 4 is 6.29 Å². The molecule has 0 amide bonds. The summed E-state index contributed by atoms with van der Waals surface area (Å²) < 4.78 is 16.0. The van der Waals surface area contributed by atoms with Gasteiger partial charge in [-0.1, -0.05) is 0 Å². The van der Waals surface area contributed by atoms with Gasteiger partial charge in [-0.3, -0.25) is 4.79 Å². The smallest absolute Gasteiger partial charge is 0.204 e. The Morgan fingerprint density at radius 2 is 1.82 bits per heavy atom. The van der Waals surface area contributed by atoms with Crippen molar-refractivity contribution in [3.05, 3.63) is 23.3 Å². The van der Waals surface area contributed by atoms with Crippen LogP contribution in [0.3, 0.4) is 0 Å². The third-order valence-electron chi connectivity index (χ3n) is 2.50. The van der Waals surface area contributed by atoms with Crippen molar-refractivity contribution in [2.45, 2.75) is 26.6 Å². The van der Waals surface area contributed by atoms with Crippen molar-refractivity contribution in [3.63, 3.8) is 0 Å². The number of aryl methyl sites for hydroxylation is 1. The van der Waals surface area contributed by atoms with Crippen LogP contribution in [0.1, 0.15) is 29.8 Å². The van der Waals surface area contributed by atoms with Crippen molar-refractivity contribution in [1.29, 1.82) is 0 Å². The monoisotopic (exact) mass is 238 g/mol. The van der Waals surface area contributed by atoms with Crippen LogP contribution in [0.2, 0.25) is 0 Å². The van der Waals surface area contributed by atoms with Gasteiger partial charge in [0.05, 0.1) is 12.7 Å². The lowest BCUT2D eigenvalue weighted by molar-refractivity contribution is -0.134. The van der Waals surface area contributed by atoms with Crippen LogP contribution in [-0.4, -0.2) is 26.3 Å². The summed E-state index contributed by atoms with van der Waals surface area (Å²) in [5, 5.41) is 0. The van der Waals surface area contributed by atoms with Crippen LogP contribution in [0.15, 0.2) is 12.1 Å². The van der Waals surface area contributed by atoms with Crippen LogP contribution in [0.5, 0.6) is 11.5 Å². The number of hydrogen-bond donors (Lipinski definition) is 0. The van der Waals surface area contributed by atoms with Crippen LogP contribution in [-0.2, 0) is 4.74 Å². The number of aldehydes is 1. The zero-order chi connectivity index (χ0) is 13.1. The summed E-state index contributed by atoms with van der Waals surface area (Å²) in [6, 6.07) is 3.42. The van der Waals surface area contributed by atoms with Gasteiger partial charge in [0.15, 0.2) is 6.29 Å². The summed E-state index contributed by atoms with van der Waals surface area (Å²) >= 11 is 0. The van der Waals surface area contributed by atoms with Crippen molar-refractivity contribution in [3.8, 4) is 11.5 Å². The molecule has 0 saturated heterocycles. The first-order valence-corrected chi connectivity index (χ1v) is 5.31. The summed E-state index contributed by atoms with van der Waals surface area (Å²) in [5.41, 5.74) is 1.37. The Morgan fingerprint density at radius 3 is 2.29 bits per heavy atom. The predicted octanol–water partition coefficient (Wildman–Crippen LogP) is 2.58. The molecule has 0 spiro atoms. The van der Waals surface area contributed by atoms with E-state index in [1.165, 1.54) is 0 Å². The second-order valence-corrected chi connectivity index (χ2v) is 4.18. The van der Waals surface area contributed by atoms with Crippen molar-refractivity contribution < 1.29 is 19.0 Å². The average molecular weight is 238 g/mol. The summed E-state index contributed by atoms with van der Waals surface area (Å²) in [5.74, 6) is 0.338. The van der Waals surface area contributed by atoms with Gasteiger partial charge in [-0.25, -0.2) is 0 Å². The minimum atomic E-state index is -0.794. The molecule has 4 heteroatoms. The number of methoxy groups -OCH3 is 2. The molecule has 0 radical (unpaired) electrons. The molecule has 0 unspecified atom stereocenters. The van der Waals surface area contributed by atoms with Crippen molar-refractivity contribution in [1.82, 2.24) is 0 Å². The van der Waals surface area contributed by atoms with E-state index in [-0.39, 0.29) is 0 Å². The Hall–Kier alpha value is -1.55. The molecule has 1 aromatic rings. The van der Waals surface area contributed by atoms with Gasteiger partial charge in [0.25, 0.3) is 0 Å². The first-order valence-electron chi connectivity index (χ1n) is 5.31. The number of ether oxygens (including phenoxy) is 3. The largest absolute Gasteiger partial charge is 0.496 e. The minimum Gasteiger partial charge on any atom is -0.496 e. The summed E-state index contributed by atoms with van der Waals surface area (Å²) in [6.07, 6.45) is 0.757. The Bertz CT molecular complexity index is 410. The van der Waals surface area contributed by atoms with Gasteiger partial charge in [-0.2, -0.15) is 0 Å². The molecule has 0 saturated carbocycles. The van der Waals surface area contributed by atoms with E-state index in [2.05, 4.69) is 0 Å². The van der Waals surface area contributed by atoms with Crippen molar-refractivity contribution in [2.75, 3.05) is 14.2 Å². The highest BCUT2D eigenvalue weighted by Gasteiger charge is 2.21. The van der Waals surface area contributed by atoms with Gasteiger partial charge in [0, 0.05) is 27.0 Å². The third-order valence-corrected chi connectivity index (χ3v) is 2.50. The molecule has 0 N–H and O–H groups in total. The maximum Gasteiger partial charge on any atom is 0.204 e. The topological polar surface area (TPSA) is 44.8 Å². The first-order chi connectivity index (χ1) is 7.93. The molecule has 1 rings (SSSR count). The van der Waals surface area contributed by atoms with Gasteiger partial charge >= 0.3 is 0 Å². The number of hydrogen-bond acceptors (Lipinski definition) is 4. The second kappa shape index (κ2) is 5.19. The minimum absolute atomic E-state index is 0.453. The second-order valence-electron chi connectivity index (χ2n) is 4.18. The molecule has 17 heavy (non-hydrogen) atoms. The third kappa shape index (κ3) is 3.20. The fourth-order valence-electron chi connectivity index (χ4n) is 1.40. The SMILES string of the molecule is COc1cc(OC(C)(C)OC)c(C=O)cc1C. The summed E-state index contributed by atoms with van der Waals surface area (Å²) in [7, 11) is 3.13. The van der Waals surface area contributed by atoms with E-state index < -0.39 is 5.79 Å². The zero-order valence-corrected chi connectivity index (χ0v) is 10.9. The highest BCUT2D eigenvalue weighted by atomic mass is 16.7. The first kappa shape index (κ1) is 13.5. The van der Waals surface area contributed by atoms with Gasteiger partial charge < -0.3 is 14.2 Å². The fourth-order valence-corrected chi connectivity index (χ4v) is 1.40. The van der Waals surface area contributed by atoms with Crippen LogP contribution in [0.4, 0.5) is 0 Å². The van der Waals surface area contributed by atoms with E-state index in [9.17, 15) is 4.79 Å². The molecule has 0 heterocycles. The average Bonchev–Trinajstić information content (AvgIpc) is 2.30. The van der Waals surface area contributed by atoms with E-state index in [4.69, 9.17) is 14.2 Å². The van der Waals surface area contributed by atoms with Crippen molar-refractivity contribution in [2.24, 2.45) is 0 Å². The molecule has 0 fully saturated rings. The van der Waals surface area contributed by atoms with Crippen LogP contribution >= 0.6 is 0 Å². The quantitative estimate of drug-likeness (QED) is 0.584. The Labute approximate surface area is 101 Å². The number of benzene rings is 1. The molecular weight excluding hydrogens is 220 g/mol. The number of carbonyl (C=O) groups excluding carboxylic acids is 1. The van der Waals surface area contributed by atoms with E-state index in [1.54, 1.807) is 40.2 Å². The Morgan fingerprint density at radius 1 is 1.18 bits per heavy atom. The lowest BCUT2D eigenvalue weighted by atomic mass is 10.1. The van der Waals surface area contributed by atoms with Gasteiger partial charge in [0.2, 0.25) is 5.79 Å². The van der Waals surface area contributed by atoms with E-state index in [1.807, 2.05) is 6.92 Å². The van der Waals surface area contributed by atoms with Crippen LogP contribution in [0, 0.1) is 6.92 Å². The molecule has 0 aliphatic carbocycles. The highest BCUT2D eigenvalue weighted by molar-refractivity contribution is 5.80. The van der Waals surface area contributed by atoms with Gasteiger partial charge in [0.1, 0.15) is 11.5 Å². The highest BCUT2D eigenvalue weighted by Crippen LogP contribution is 2.30. The lowest BCUT2D eigenvalue weighted by Gasteiger charge is -2.25. The molecule has 0 aliphatic heterocycles. The molecular formula is C13H18O4. The van der Waals surface area contributed by atoms with E-state index >= 15 is 0 Å². The Kier molecular flexibility index (Phi) is 4.12. The number of rotatable bonds is 5. The maximum absolute atomic E-state index is 11.0. The standard InChI is InChI=1S/C13H18O4/c1-9-6-10(8-14)12(7-11(9)15-4)17-13(2,3)16-5/h6-8H,1-5H3. The van der Waals surface area contributed by atoms with E-state index in [0.717, 1.165) is 11.8 Å². The molecule has 0 aliphatic rings. The van der Waals surface area contributed by atoms with Crippen LogP contribution in [0.25, 0.3) is 0 Å². The predicted molar refractivity (Wildman–Crippen MR) is 64.8 cm³/mol. The molecule has 0 bridgehead atoms. The normalized spacial score (nSPS) is 11.1. The zero-order valence-electron chi connectivity index (χ0n) is 10.9. The van der Waals surface area contributed by atoms with E-state index in [0.29, 0.717) is 17.1 Å². The van der Waals surface area contributed by atoms with Gasteiger partial charge in [-0.05, 0) is 18.6 Å². The van der Waals surface area contributed by atoms with Gasteiger partial charge in [-0.15, -0.1) is 0 Å². The molecule has 0 aromatic heterocycles.